The van der Waals surface area contributed by atoms with Crippen molar-refractivity contribution < 1.29 is 4.39 Å². The van der Waals surface area contributed by atoms with Crippen molar-refractivity contribution >= 4 is 10.9 Å². The van der Waals surface area contributed by atoms with E-state index in [0.29, 0.717) is 5.39 Å². The third-order valence-corrected chi connectivity index (χ3v) is 3.67. The van der Waals surface area contributed by atoms with Crippen molar-refractivity contribution in [1.29, 1.82) is 0 Å². The van der Waals surface area contributed by atoms with E-state index in [1.165, 1.54) is 11.6 Å². The highest BCUT2D eigenvalue weighted by atomic mass is 19.1. The lowest BCUT2D eigenvalue weighted by Gasteiger charge is -2.19. The highest BCUT2D eigenvalue weighted by molar-refractivity contribution is 5.86. The van der Waals surface area contributed by atoms with Crippen LogP contribution in [0.3, 0.4) is 0 Å². The summed E-state index contributed by atoms with van der Waals surface area (Å²) in [5.41, 5.74) is 4.30. The first-order valence-corrected chi connectivity index (χ1v) is 6.83. The van der Waals surface area contributed by atoms with Crippen LogP contribution < -0.4 is 0 Å². The number of rotatable bonds is 1. The fraction of sp³-hybridized carbons (Fsp3) is 0.222. The topological polar surface area (TPSA) is 15.8 Å². The molecule has 1 heterocycles. The molecular formula is C18H18FN. The summed E-state index contributed by atoms with van der Waals surface area (Å²) in [5, 5.41) is 0.641. The average Bonchev–Trinajstić information content (AvgIpc) is 2.83. The van der Waals surface area contributed by atoms with E-state index < -0.39 is 0 Å². The zero-order chi connectivity index (χ0) is 14.3. The van der Waals surface area contributed by atoms with Gasteiger partial charge >= 0.3 is 0 Å². The van der Waals surface area contributed by atoms with E-state index in [1.54, 1.807) is 6.07 Å². The number of benzene rings is 2. The van der Waals surface area contributed by atoms with Crippen LogP contribution in [0.5, 0.6) is 0 Å². The minimum absolute atomic E-state index is 0.144. The molecule has 0 saturated carbocycles. The summed E-state index contributed by atoms with van der Waals surface area (Å²) in [6, 6.07) is 15.4. The summed E-state index contributed by atoms with van der Waals surface area (Å²) >= 11 is 0. The first-order valence-electron chi connectivity index (χ1n) is 6.83. The molecule has 102 valence electrons. The molecule has 0 radical (unpaired) electrons. The summed E-state index contributed by atoms with van der Waals surface area (Å²) < 4.78 is 13.7. The summed E-state index contributed by atoms with van der Waals surface area (Å²) in [6.07, 6.45) is 0. The lowest BCUT2D eigenvalue weighted by molar-refractivity contribution is 0.590. The molecule has 2 heteroatoms. The van der Waals surface area contributed by atoms with Crippen molar-refractivity contribution in [2.75, 3.05) is 0 Å². The van der Waals surface area contributed by atoms with Gasteiger partial charge in [-0.25, -0.2) is 4.39 Å². The number of nitrogens with one attached hydrogen (secondary N) is 1. The van der Waals surface area contributed by atoms with Crippen LogP contribution in [0.25, 0.3) is 22.2 Å². The second-order valence-electron chi connectivity index (χ2n) is 6.21. The number of hydrogen-bond donors (Lipinski definition) is 1. The van der Waals surface area contributed by atoms with Crippen LogP contribution in [0.4, 0.5) is 4.39 Å². The largest absolute Gasteiger partial charge is 0.354 e. The van der Waals surface area contributed by atoms with Gasteiger partial charge in [0, 0.05) is 16.6 Å². The van der Waals surface area contributed by atoms with Crippen molar-refractivity contribution in [2.45, 2.75) is 26.2 Å². The van der Waals surface area contributed by atoms with E-state index in [2.05, 4.69) is 50.0 Å². The van der Waals surface area contributed by atoms with Crippen LogP contribution in [-0.4, -0.2) is 4.98 Å². The Morgan fingerprint density at radius 1 is 0.950 bits per heavy atom. The fourth-order valence-corrected chi connectivity index (χ4v) is 2.42. The summed E-state index contributed by atoms with van der Waals surface area (Å²) in [6.45, 7) is 6.58. The lowest BCUT2D eigenvalue weighted by atomic mass is 9.86. The normalized spacial score (nSPS) is 12.0. The lowest BCUT2D eigenvalue weighted by Crippen LogP contribution is -2.10. The third-order valence-electron chi connectivity index (χ3n) is 3.67. The standard InChI is InChI=1S/C18H18FN/c1-18(2,3)13-9-7-12(8-10-13)17-11-14-15(19)5-4-6-16(14)20-17/h4-11,20H,1-3H3. The fourth-order valence-electron chi connectivity index (χ4n) is 2.42. The van der Waals surface area contributed by atoms with Crippen molar-refractivity contribution in [1.82, 2.24) is 4.98 Å². The molecule has 2 aromatic carbocycles. The molecule has 0 fully saturated rings. The Bertz CT molecular complexity index is 745. The van der Waals surface area contributed by atoms with Gasteiger partial charge in [0.05, 0.1) is 0 Å². The number of fused-ring (bicyclic) bond motifs is 1. The molecule has 3 aromatic rings. The molecule has 1 nitrogen and oxygen atoms in total. The quantitative estimate of drug-likeness (QED) is 0.618. The van der Waals surface area contributed by atoms with E-state index >= 15 is 0 Å². The molecule has 0 atom stereocenters. The Morgan fingerprint density at radius 3 is 2.25 bits per heavy atom. The number of aromatic nitrogens is 1. The van der Waals surface area contributed by atoms with E-state index in [4.69, 9.17) is 0 Å². The molecule has 20 heavy (non-hydrogen) atoms. The molecule has 0 unspecified atom stereocenters. The number of halogens is 1. The predicted octanol–water partition coefficient (Wildman–Crippen LogP) is 5.27. The van der Waals surface area contributed by atoms with Crippen molar-refractivity contribution in [3.8, 4) is 11.3 Å². The van der Waals surface area contributed by atoms with Gasteiger partial charge in [0.2, 0.25) is 0 Å². The molecule has 0 amide bonds. The smallest absolute Gasteiger partial charge is 0.132 e. The maximum absolute atomic E-state index is 13.7. The molecule has 3 rings (SSSR count). The Morgan fingerprint density at radius 2 is 1.65 bits per heavy atom. The van der Waals surface area contributed by atoms with Crippen LogP contribution in [0.15, 0.2) is 48.5 Å². The second kappa shape index (κ2) is 4.48. The molecule has 0 saturated heterocycles. The first kappa shape index (κ1) is 12.9. The van der Waals surface area contributed by atoms with Gasteiger partial charge in [0.15, 0.2) is 0 Å². The van der Waals surface area contributed by atoms with Gasteiger partial charge in [-0.2, -0.15) is 0 Å². The van der Waals surface area contributed by atoms with E-state index in [0.717, 1.165) is 16.8 Å². The Kier molecular flexibility index (Phi) is 2.89. The minimum Gasteiger partial charge on any atom is -0.354 e. The van der Waals surface area contributed by atoms with Crippen molar-refractivity contribution in [3.63, 3.8) is 0 Å². The molecule has 1 N–H and O–H groups in total. The third kappa shape index (κ3) is 2.22. The molecule has 0 aliphatic rings. The predicted molar refractivity (Wildman–Crippen MR) is 82.4 cm³/mol. The average molecular weight is 267 g/mol. The van der Waals surface area contributed by atoms with E-state index in [-0.39, 0.29) is 11.2 Å². The van der Waals surface area contributed by atoms with Gasteiger partial charge in [0.25, 0.3) is 0 Å². The minimum atomic E-state index is -0.184. The van der Waals surface area contributed by atoms with Crippen molar-refractivity contribution in [2.24, 2.45) is 0 Å². The Balaban J connectivity index is 2.05. The molecule has 0 aliphatic carbocycles. The highest BCUT2D eigenvalue weighted by Crippen LogP contribution is 2.28. The zero-order valence-electron chi connectivity index (χ0n) is 12.0. The van der Waals surface area contributed by atoms with Gasteiger partial charge < -0.3 is 4.98 Å². The summed E-state index contributed by atoms with van der Waals surface area (Å²) in [7, 11) is 0. The van der Waals surface area contributed by atoms with Gasteiger partial charge in [-0.05, 0) is 34.7 Å². The zero-order valence-corrected chi connectivity index (χ0v) is 12.0. The molecule has 0 bridgehead atoms. The molecule has 0 aliphatic heterocycles. The molecule has 1 aromatic heterocycles. The van der Waals surface area contributed by atoms with Crippen LogP contribution in [0.1, 0.15) is 26.3 Å². The number of hydrogen-bond acceptors (Lipinski definition) is 0. The SMILES string of the molecule is CC(C)(C)c1ccc(-c2cc3c(F)cccc3[nH]2)cc1. The van der Waals surface area contributed by atoms with Crippen LogP contribution in [0.2, 0.25) is 0 Å². The van der Waals surface area contributed by atoms with Gasteiger partial charge in [0.1, 0.15) is 5.82 Å². The monoisotopic (exact) mass is 267 g/mol. The molecular weight excluding hydrogens is 249 g/mol. The maximum atomic E-state index is 13.7. The van der Waals surface area contributed by atoms with E-state index in [9.17, 15) is 4.39 Å². The van der Waals surface area contributed by atoms with Crippen molar-refractivity contribution in [3.05, 3.63) is 59.9 Å². The van der Waals surface area contributed by atoms with E-state index in [1.807, 2.05) is 12.1 Å². The van der Waals surface area contributed by atoms with Crippen LogP contribution >= 0.6 is 0 Å². The first-order chi connectivity index (χ1) is 9.45. The van der Waals surface area contributed by atoms with Gasteiger partial charge in [-0.15, -0.1) is 0 Å². The van der Waals surface area contributed by atoms with Crippen LogP contribution in [-0.2, 0) is 5.41 Å². The Labute approximate surface area is 118 Å². The number of aromatic amines is 1. The molecule has 0 spiro atoms. The second-order valence-corrected chi connectivity index (χ2v) is 6.21. The highest BCUT2D eigenvalue weighted by Gasteiger charge is 2.13. The van der Waals surface area contributed by atoms with Gasteiger partial charge in [-0.1, -0.05) is 51.1 Å². The van der Waals surface area contributed by atoms with Crippen LogP contribution in [0, 0.1) is 5.82 Å². The van der Waals surface area contributed by atoms with Gasteiger partial charge in [-0.3, -0.25) is 0 Å². The summed E-state index contributed by atoms with van der Waals surface area (Å²) in [5.74, 6) is -0.184. The Hall–Kier alpha value is -2.09. The summed E-state index contributed by atoms with van der Waals surface area (Å²) in [4.78, 5) is 3.27. The number of H-pyrrole nitrogens is 1. The maximum Gasteiger partial charge on any atom is 0.132 e.